The van der Waals surface area contributed by atoms with Crippen LogP contribution in [0.4, 0.5) is 5.69 Å². The Bertz CT molecular complexity index is 873. The van der Waals surface area contributed by atoms with Crippen molar-refractivity contribution in [2.75, 3.05) is 0 Å². The van der Waals surface area contributed by atoms with Crippen LogP contribution in [-0.4, -0.2) is 15.9 Å². The van der Waals surface area contributed by atoms with E-state index in [2.05, 4.69) is 4.98 Å². The highest BCUT2D eigenvalue weighted by Gasteiger charge is 2.22. The Labute approximate surface area is 134 Å². The molecule has 0 fully saturated rings. The molecule has 0 N–H and O–H groups in total. The Morgan fingerprint density at radius 3 is 2.83 bits per heavy atom. The summed E-state index contributed by atoms with van der Waals surface area (Å²) in [4.78, 5) is 26.5. The van der Waals surface area contributed by atoms with Gasteiger partial charge in [-0.25, -0.2) is 9.78 Å². The van der Waals surface area contributed by atoms with Gasteiger partial charge in [0.25, 0.3) is 5.69 Å². The van der Waals surface area contributed by atoms with Crippen LogP contribution < -0.4 is 0 Å². The number of benzene rings is 2. The Morgan fingerprint density at radius 1 is 1.30 bits per heavy atom. The minimum atomic E-state index is -0.874. The summed E-state index contributed by atoms with van der Waals surface area (Å²) in [5.41, 5.74) is 0.593. The van der Waals surface area contributed by atoms with Gasteiger partial charge in [-0.05, 0) is 24.3 Å². The van der Waals surface area contributed by atoms with E-state index >= 15 is 0 Å². The molecular formula is C15H9ClN2O5. The van der Waals surface area contributed by atoms with E-state index in [1.807, 2.05) is 0 Å². The zero-order valence-corrected chi connectivity index (χ0v) is 12.3. The number of hydrogen-bond acceptors (Lipinski definition) is 6. The Balaban J connectivity index is 1.79. The highest BCUT2D eigenvalue weighted by molar-refractivity contribution is 6.31. The van der Waals surface area contributed by atoms with Crippen molar-refractivity contribution in [2.24, 2.45) is 0 Å². The third kappa shape index (κ3) is 3.14. The molecule has 0 radical (unpaired) electrons. The lowest BCUT2D eigenvalue weighted by Crippen LogP contribution is -2.08. The van der Waals surface area contributed by atoms with Crippen LogP contribution >= 0.6 is 11.6 Å². The molecule has 3 rings (SSSR count). The number of nitrogens with zero attached hydrogens (tertiary/aromatic N) is 2. The van der Waals surface area contributed by atoms with Crippen molar-refractivity contribution >= 4 is 34.4 Å². The Morgan fingerprint density at radius 2 is 2.09 bits per heavy atom. The maximum absolute atomic E-state index is 12.1. The first-order valence-corrected chi connectivity index (χ1v) is 6.88. The van der Waals surface area contributed by atoms with Crippen molar-refractivity contribution in [2.45, 2.75) is 6.61 Å². The highest BCUT2D eigenvalue weighted by atomic mass is 35.5. The SMILES string of the molecule is O=C(OCc1nc2ccccc2o1)c1cc(Cl)ccc1[N+](=O)[O-]. The number of para-hydroxylation sites is 2. The van der Waals surface area contributed by atoms with E-state index in [4.69, 9.17) is 20.8 Å². The van der Waals surface area contributed by atoms with Crippen LogP contribution in [-0.2, 0) is 11.3 Å². The second-order valence-electron chi connectivity index (χ2n) is 4.57. The maximum Gasteiger partial charge on any atom is 0.345 e. The van der Waals surface area contributed by atoms with Gasteiger partial charge in [-0.3, -0.25) is 10.1 Å². The van der Waals surface area contributed by atoms with E-state index in [1.165, 1.54) is 12.1 Å². The lowest BCUT2D eigenvalue weighted by Gasteiger charge is -2.03. The predicted molar refractivity (Wildman–Crippen MR) is 81.2 cm³/mol. The quantitative estimate of drug-likeness (QED) is 0.410. The molecule has 0 aliphatic rings. The van der Waals surface area contributed by atoms with E-state index in [-0.39, 0.29) is 28.8 Å². The van der Waals surface area contributed by atoms with Gasteiger partial charge >= 0.3 is 5.97 Å². The third-order valence-electron chi connectivity index (χ3n) is 3.04. The first kappa shape index (κ1) is 15.0. The largest absolute Gasteiger partial charge is 0.452 e. The molecule has 0 saturated carbocycles. The minimum Gasteiger partial charge on any atom is -0.452 e. The number of carbonyl (C=O) groups excluding carboxylic acids is 1. The highest BCUT2D eigenvalue weighted by Crippen LogP contribution is 2.24. The first-order valence-electron chi connectivity index (χ1n) is 6.50. The normalized spacial score (nSPS) is 10.7. The second-order valence-corrected chi connectivity index (χ2v) is 5.01. The average Bonchev–Trinajstić information content (AvgIpc) is 2.95. The van der Waals surface area contributed by atoms with Gasteiger partial charge in [-0.15, -0.1) is 0 Å². The molecule has 1 aromatic heterocycles. The first-order chi connectivity index (χ1) is 11.0. The fourth-order valence-electron chi connectivity index (χ4n) is 2.02. The van der Waals surface area contributed by atoms with Crippen molar-refractivity contribution in [3.8, 4) is 0 Å². The summed E-state index contributed by atoms with van der Waals surface area (Å²) in [6.45, 7) is -0.239. The Kier molecular flexibility index (Phi) is 3.94. The molecule has 0 unspecified atom stereocenters. The molecule has 0 saturated heterocycles. The van der Waals surface area contributed by atoms with E-state index < -0.39 is 10.9 Å². The summed E-state index contributed by atoms with van der Waals surface area (Å²) in [6, 6.07) is 10.7. The summed E-state index contributed by atoms with van der Waals surface area (Å²) >= 11 is 5.77. The monoisotopic (exact) mass is 332 g/mol. The molecule has 8 heteroatoms. The standard InChI is InChI=1S/C15H9ClN2O5/c16-9-5-6-12(18(20)21)10(7-9)15(19)22-8-14-17-11-3-1-2-4-13(11)23-14/h1-7H,8H2. The van der Waals surface area contributed by atoms with Crippen molar-refractivity contribution < 1.29 is 18.9 Å². The van der Waals surface area contributed by atoms with Crippen LogP contribution in [0, 0.1) is 10.1 Å². The summed E-state index contributed by atoms with van der Waals surface area (Å²) in [7, 11) is 0. The van der Waals surface area contributed by atoms with Crippen LogP contribution in [0.5, 0.6) is 0 Å². The molecule has 2 aromatic carbocycles. The average molecular weight is 333 g/mol. The molecule has 0 spiro atoms. The number of nitro benzene ring substituents is 1. The zero-order chi connectivity index (χ0) is 16.4. The molecule has 1 heterocycles. The van der Waals surface area contributed by atoms with Crippen molar-refractivity contribution in [1.29, 1.82) is 0 Å². The van der Waals surface area contributed by atoms with Crippen LogP contribution in [0.3, 0.4) is 0 Å². The van der Waals surface area contributed by atoms with Gasteiger partial charge in [0, 0.05) is 11.1 Å². The van der Waals surface area contributed by atoms with E-state index in [0.29, 0.717) is 11.1 Å². The summed E-state index contributed by atoms with van der Waals surface area (Å²) in [5.74, 6) is -0.675. The van der Waals surface area contributed by atoms with Crippen LogP contribution in [0.1, 0.15) is 16.2 Å². The van der Waals surface area contributed by atoms with Crippen LogP contribution in [0.2, 0.25) is 5.02 Å². The number of esters is 1. The summed E-state index contributed by atoms with van der Waals surface area (Å²) in [6.07, 6.45) is 0. The van der Waals surface area contributed by atoms with Crippen molar-refractivity contribution in [3.63, 3.8) is 0 Å². The minimum absolute atomic E-state index is 0.198. The molecule has 0 aliphatic heterocycles. The van der Waals surface area contributed by atoms with Gasteiger partial charge in [-0.1, -0.05) is 23.7 Å². The number of fused-ring (bicyclic) bond motifs is 1. The molecule has 3 aromatic rings. The van der Waals surface area contributed by atoms with Crippen LogP contribution in [0.25, 0.3) is 11.1 Å². The van der Waals surface area contributed by atoms with Gasteiger partial charge < -0.3 is 9.15 Å². The fraction of sp³-hybridized carbons (Fsp3) is 0.0667. The topological polar surface area (TPSA) is 95.5 Å². The summed E-state index contributed by atoms with van der Waals surface area (Å²) in [5, 5.41) is 11.2. The van der Waals surface area contributed by atoms with Crippen LogP contribution in [0.15, 0.2) is 46.9 Å². The molecular weight excluding hydrogens is 324 g/mol. The molecule has 0 amide bonds. The number of halogens is 1. The second kappa shape index (κ2) is 6.05. The van der Waals surface area contributed by atoms with E-state index in [0.717, 1.165) is 6.07 Å². The number of hydrogen-bond donors (Lipinski definition) is 0. The number of rotatable bonds is 4. The lowest BCUT2D eigenvalue weighted by atomic mass is 10.2. The van der Waals surface area contributed by atoms with Crippen molar-refractivity contribution in [1.82, 2.24) is 4.98 Å². The molecule has 0 bridgehead atoms. The number of ether oxygens (including phenoxy) is 1. The molecule has 7 nitrogen and oxygen atoms in total. The predicted octanol–water partition coefficient (Wildman–Crippen LogP) is 3.75. The Hall–Kier alpha value is -2.93. The van der Waals surface area contributed by atoms with E-state index in [9.17, 15) is 14.9 Å². The third-order valence-corrected chi connectivity index (χ3v) is 3.28. The molecule has 0 atom stereocenters. The fourth-order valence-corrected chi connectivity index (χ4v) is 2.19. The lowest BCUT2D eigenvalue weighted by molar-refractivity contribution is -0.385. The number of nitro groups is 1. The number of carbonyl (C=O) groups is 1. The van der Waals surface area contributed by atoms with Gasteiger partial charge in [0.2, 0.25) is 5.89 Å². The molecule has 116 valence electrons. The van der Waals surface area contributed by atoms with Gasteiger partial charge in [0.1, 0.15) is 11.1 Å². The van der Waals surface area contributed by atoms with Gasteiger partial charge in [0.15, 0.2) is 12.2 Å². The van der Waals surface area contributed by atoms with E-state index in [1.54, 1.807) is 24.3 Å². The number of aromatic nitrogens is 1. The smallest absolute Gasteiger partial charge is 0.345 e. The molecule has 0 aliphatic carbocycles. The number of oxazole rings is 1. The summed E-state index contributed by atoms with van der Waals surface area (Å²) < 4.78 is 10.4. The van der Waals surface area contributed by atoms with Gasteiger partial charge in [-0.2, -0.15) is 0 Å². The van der Waals surface area contributed by atoms with Gasteiger partial charge in [0.05, 0.1) is 4.92 Å². The van der Waals surface area contributed by atoms with Crippen molar-refractivity contribution in [3.05, 3.63) is 69.1 Å². The maximum atomic E-state index is 12.1. The molecule has 23 heavy (non-hydrogen) atoms. The zero-order valence-electron chi connectivity index (χ0n) is 11.6.